The number of rotatable bonds is 6. The van der Waals surface area contributed by atoms with Crippen LogP contribution in [0.1, 0.15) is 0 Å². The van der Waals surface area contributed by atoms with Crippen molar-refractivity contribution in [1.82, 2.24) is 9.80 Å². The molecule has 0 aliphatic carbocycles. The minimum absolute atomic E-state index is 0.596. The van der Waals surface area contributed by atoms with E-state index in [1.165, 1.54) is 4.90 Å². The summed E-state index contributed by atoms with van der Waals surface area (Å²) < 4.78 is 10.9. The van der Waals surface area contributed by atoms with Crippen LogP contribution in [0.5, 0.6) is 0 Å². The van der Waals surface area contributed by atoms with Crippen molar-refractivity contribution in [1.29, 1.82) is 0 Å². The molecule has 2 saturated heterocycles. The summed E-state index contributed by atoms with van der Waals surface area (Å²) >= 11 is 2.01. The lowest BCUT2D eigenvalue weighted by Crippen LogP contribution is -2.46. The van der Waals surface area contributed by atoms with Crippen LogP contribution in [-0.4, -0.2) is 80.7 Å². The molecule has 2 heterocycles. The van der Waals surface area contributed by atoms with Crippen LogP contribution < -0.4 is 0 Å². The maximum Gasteiger partial charge on any atom is 0.0594 e. The third-order valence-electron chi connectivity index (χ3n) is 4.18. The van der Waals surface area contributed by atoms with Crippen molar-refractivity contribution in [2.75, 3.05) is 65.7 Å². The molecule has 0 N–H and O–H groups in total. The molecule has 122 valence electrons. The van der Waals surface area contributed by atoms with Gasteiger partial charge in [-0.1, -0.05) is 18.2 Å². The zero-order valence-corrected chi connectivity index (χ0v) is 14.0. The van der Waals surface area contributed by atoms with Crippen LogP contribution in [0.3, 0.4) is 0 Å². The first-order chi connectivity index (χ1) is 10.9. The van der Waals surface area contributed by atoms with Crippen LogP contribution >= 0.6 is 11.8 Å². The van der Waals surface area contributed by atoms with E-state index in [1.807, 2.05) is 11.8 Å². The van der Waals surface area contributed by atoms with Crippen molar-refractivity contribution in [2.45, 2.75) is 10.1 Å². The number of morpholine rings is 2. The van der Waals surface area contributed by atoms with Crippen molar-refractivity contribution in [2.24, 2.45) is 0 Å². The fourth-order valence-corrected chi connectivity index (χ4v) is 4.24. The smallest absolute Gasteiger partial charge is 0.0594 e. The summed E-state index contributed by atoms with van der Waals surface area (Å²) in [5.41, 5.74) is 0. The van der Waals surface area contributed by atoms with Crippen LogP contribution in [0, 0.1) is 0 Å². The zero-order valence-electron chi connectivity index (χ0n) is 13.2. The normalized spacial score (nSPS) is 21.3. The Hall–Kier alpha value is -0.590. The van der Waals surface area contributed by atoms with Gasteiger partial charge in [-0.15, -0.1) is 11.8 Å². The molecule has 22 heavy (non-hydrogen) atoms. The second kappa shape index (κ2) is 8.89. The van der Waals surface area contributed by atoms with E-state index < -0.39 is 0 Å². The second-order valence-corrected chi connectivity index (χ2v) is 7.25. The molecule has 2 aliphatic rings. The molecule has 5 heteroatoms. The van der Waals surface area contributed by atoms with Crippen molar-refractivity contribution >= 4 is 11.8 Å². The Labute approximate surface area is 137 Å². The Kier molecular flexibility index (Phi) is 6.58. The lowest BCUT2D eigenvalue weighted by molar-refractivity contribution is 0.0263. The molecule has 0 unspecified atom stereocenters. The molecule has 2 aliphatic heterocycles. The Bertz CT molecular complexity index is 400. The van der Waals surface area contributed by atoms with Crippen LogP contribution in [0.15, 0.2) is 35.2 Å². The topological polar surface area (TPSA) is 24.9 Å². The maximum atomic E-state index is 5.47. The summed E-state index contributed by atoms with van der Waals surface area (Å²) in [6.45, 7) is 10.0. The Morgan fingerprint density at radius 2 is 1.32 bits per heavy atom. The summed E-state index contributed by atoms with van der Waals surface area (Å²) in [5.74, 6) is 0. The first-order valence-corrected chi connectivity index (χ1v) is 9.10. The predicted octanol–water partition coefficient (Wildman–Crippen LogP) is 1.81. The van der Waals surface area contributed by atoms with E-state index >= 15 is 0 Å². The minimum atomic E-state index is 0.596. The van der Waals surface area contributed by atoms with Crippen molar-refractivity contribution in [3.63, 3.8) is 0 Å². The van der Waals surface area contributed by atoms with Gasteiger partial charge in [0.25, 0.3) is 0 Å². The third kappa shape index (κ3) is 5.25. The predicted molar refractivity (Wildman–Crippen MR) is 90.6 cm³/mol. The van der Waals surface area contributed by atoms with E-state index in [2.05, 4.69) is 40.1 Å². The molecule has 0 atom stereocenters. The fraction of sp³-hybridized carbons (Fsp3) is 0.647. The zero-order chi connectivity index (χ0) is 15.0. The molecule has 1 aromatic rings. The quantitative estimate of drug-likeness (QED) is 0.744. The van der Waals surface area contributed by atoms with Gasteiger partial charge in [-0.2, -0.15) is 0 Å². The van der Waals surface area contributed by atoms with E-state index in [4.69, 9.17) is 9.47 Å². The highest BCUT2D eigenvalue weighted by Crippen LogP contribution is 2.25. The van der Waals surface area contributed by atoms with Gasteiger partial charge in [-0.05, 0) is 12.1 Å². The van der Waals surface area contributed by atoms with Gasteiger partial charge in [0.2, 0.25) is 0 Å². The number of nitrogens with zero attached hydrogens (tertiary/aromatic N) is 2. The third-order valence-corrected chi connectivity index (χ3v) is 5.35. The average Bonchev–Trinajstić information content (AvgIpc) is 2.57. The summed E-state index contributed by atoms with van der Waals surface area (Å²) in [7, 11) is 0. The molecule has 0 bridgehead atoms. The molecule has 2 fully saturated rings. The molecule has 0 amide bonds. The summed E-state index contributed by atoms with van der Waals surface area (Å²) in [4.78, 5) is 6.46. The van der Waals surface area contributed by atoms with Crippen molar-refractivity contribution < 1.29 is 9.47 Å². The Balaban J connectivity index is 1.58. The second-order valence-electron chi connectivity index (χ2n) is 5.88. The van der Waals surface area contributed by atoms with Crippen LogP contribution in [0.25, 0.3) is 0 Å². The highest BCUT2D eigenvalue weighted by Gasteiger charge is 2.21. The lowest BCUT2D eigenvalue weighted by atomic mass is 10.3. The van der Waals surface area contributed by atoms with Gasteiger partial charge in [0.1, 0.15) is 0 Å². The molecular weight excluding hydrogens is 296 g/mol. The van der Waals surface area contributed by atoms with Crippen LogP contribution in [0.2, 0.25) is 0 Å². The fourth-order valence-electron chi connectivity index (χ4n) is 2.97. The van der Waals surface area contributed by atoms with Gasteiger partial charge in [-0.3, -0.25) is 9.80 Å². The molecule has 0 spiro atoms. The molecule has 3 rings (SSSR count). The Morgan fingerprint density at radius 3 is 1.82 bits per heavy atom. The first-order valence-electron chi connectivity index (χ1n) is 8.22. The average molecular weight is 322 g/mol. The lowest BCUT2D eigenvalue weighted by Gasteiger charge is -2.34. The van der Waals surface area contributed by atoms with Crippen molar-refractivity contribution in [3.05, 3.63) is 30.3 Å². The summed E-state index contributed by atoms with van der Waals surface area (Å²) in [5, 5.41) is 0.596. The van der Waals surface area contributed by atoms with E-state index in [-0.39, 0.29) is 0 Å². The van der Waals surface area contributed by atoms with E-state index in [0.717, 1.165) is 65.7 Å². The maximum absolute atomic E-state index is 5.47. The highest BCUT2D eigenvalue weighted by atomic mass is 32.2. The van der Waals surface area contributed by atoms with Gasteiger partial charge >= 0.3 is 0 Å². The SMILES string of the molecule is c1ccc(SC(CN2CCOCC2)CN2CCOCC2)cc1. The number of ether oxygens (including phenoxy) is 2. The van der Waals surface area contributed by atoms with Crippen molar-refractivity contribution in [3.8, 4) is 0 Å². The van der Waals surface area contributed by atoms with Gasteiger partial charge in [-0.25, -0.2) is 0 Å². The minimum Gasteiger partial charge on any atom is -0.379 e. The summed E-state index contributed by atoms with van der Waals surface area (Å²) in [6.07, 6.45) is 0. The van der Waals surface area contributed by atoms with E-state index in [9.17, 15) is 0 Å². The molecule has 1 aromatic carbocycles. The van der Waals surface area contributed by atoms with Gasteiger partial charge in [0.05, 0.1) is 26.4 Å². The summed E-state index contributed by atoms with van der Waals surface area (Å²) in [6, 6.07) is 10.8. The molecule has 4 nitrogen and oxygen atoms in total. The molecule has 0 saturated carbocycles. The monoisotopic (exact) mass is 322 g/mol. The Morgan fingerprint density at radius 1 is 0.818 bits per heavy atom. The van der Waals surface area contributed by atoms with Crippen LogP contribution in [0.4, 0.5) is 0 Å². The number of hydrogen-bond donors (Lipinski definition) is 0. The molecule has 0 radical (unpaired) electrons. The van der Waals surface area contributed by atoms with E-state index in [1.54, 1.807) is 0 Å². The van der Waals surface area contributed by atoms with E-state index in [0.29, 0.717) is 5.25 Å². The number of thioether (sulfide) groups is 1. The molecule has 0 aromatic heterocycles. The van der Waals surface area contributed by atoms with Gasteiger partial charge in [0.15, 0.2) is 0 Å². The molecular formula is C17H26N2O2S. The number of hydrogen-bond acceptors (Lipinski definition) is 5. The first kappa shape index (κ1) is 16.3. The number of benzene rings is 1. The van der Waals surface area contributed by atoms with Crippen LogP contribution in [-0.2, 0) is 9.47 Å². The largest absolute Gasteiger partial charge is 0.379 e. The van der Waals surface area contributed by atoms with Gasteiger partial charge in [0, 0.05) is 49.4 Å². The standard InChI is InChI=1S/C17H26N2O2S/c1-2-4-16(5-3-1)22-17(14-18-6-10-20-11-7-18)15-19-8-12-21-13-9-19/h1-5,17H,6-15H2. The highest BCUT2D eigenvalue weighted by molar-refractivity contribution is 8.00. The van der Waals surface area contributed by atoms with Gasteiger partial charge < -0.3 is 9.47 Å².